The van der Waals surface area contributed by atoms with Crippen molar-refractivity contribution < 1.29 is 19.1 Å². The predicted octanol–water partition coefficient (Wildman–Crippen LogP) is 4.06. The molecule has 162 valence electrons. The molecule has 0 radical (unpaired) electrons. The maximum absolute atomic E-state index is 13.1. The minimum atomic E-state index is -0.629. The lowest BCUT2D eigenvalue weighted by Gasteiger charge is -2.31. The van der Waals surface area contributed by atoms with Gasteiger partial charge in [-0.05, 0) is 56.2 Å². The van der Waals surface area contributed by atoms with Gasteiger partial charge in [0.15, 0.2) is 6.61 Å². The fraction of sp³-hybridized carbons (Fsp3) is 0.391. The van der Waals surface area contributed by atoms with E-state index in [4.69, 9.17) is 21.1 Å². The van der Waals surface area contributed by atoms with Gasteiger partial charge < -0.3 is 19.7 Å². The highest BCUT2D eigenvalue weighted by Gasteiger charge is 2.29. The zero-order valence-corrected chi connectivity index (χ0v) is 18.6. The third kappa shape index (κ3) is 6.66. The number of nitrogens with zero attached hydrogens (tertiary/aromatic N) is 1. The van der Waals surface area contributed by atoms with Crippen LogP contribution in [-0.2, 0) is 16.1 Å². The first-order chi connectivity index (χ1) is 14.3. The fourth-order valence-electron chi connectivity index (χ4n) is 3.01. The van der Waals surface area contributed by atoms with Gasteiger partial charge >= 0.3 is 0 Å². The lowest BCUT2D eigenvalue weighted by Crippen LogP contribution is -2.51. The molecule has 0 saturated carbocycles. The summed E-state index contributed by atoms with van der Waals surface area (Å²) in [5.41, 5.74) is 0.771. The summed E-state index contributed by atoms with van der Waals surface area (Å²) in [6, 6.07) is 13.6. The Morgan fingerprint density at radius 2 is 1.70 bits per heavy atom. The predicted molar refractivity (Wildman–Crippen MR) is 118 cm³/mol. The van der Waals surface area contributed by atoms with Crippen molar-refractivity contribution in [1.29, 1.82) is 0 Å². The molecule has 30 heavy (non-hydrogen) atoms. The molecule has 0 fully saturated rings. The van der Waals surface area contributed by atoms with Crippen molar-refractivity contribution in [2.75, 3.05) is 13.7 Å². The molecule has 2 amide bonds. The van der Waals surface area contributed by atoms with Crippen molar-refractivity contribution in [3.05, 3.63) is 59.1 Å². The Balaban J connectivity index is 2.20. The number of amides is 2. The zero-order valence-electron chi connectivity index (χ0n) is 17.9. The number of halogens is 1. The molecule has 0 bridgehead atoms. The van der Waals surface area contributed by atoms with E-state index in [1.807, 2.05) is 39.0 Å². The molecule has 0 spiro atoms. The van der Waals surface area contributed by atoms with Gasteiger partial charge in [0.2, 0.25) is 5.91 Å². The van der Waals surface area contributed by atoms with Gasteiger partial charge in [0.1, 0.15) is 17.5 Å². The van der Waals surface area contributed by atoms with Crippen LogP contribution in [0.3, 0.4) is 0 Å². The van der Waals surface area contributed by atoms with Crippen molar-refractivity contribution in [2.24, 2.45) is 0 Å². The Morgan fingerprint density at radius 1 is 1.07 bits per heavy atom. The summed E-state index contributed by atoms with van der Waals surface area (Å²) in [6.07, 6.45) is 0.470. The summed E-state index contributed by atoms with van der Waals surface area (Å²) in [4.78, 5) is 27.4. The topological polar surface area (TPSA) is 67.9 Å². The van der Waals surface area contributed by atoms with Gasteiger partial charge in [-0.1, -0.05) is 36.7 Å². The first kappa shape index (κ1) is 23.5. The monoisotopic (exact) mass is 432 g/mol. The van der Waals surface area contributed by atoms with E-state index in [9.17, 15) is 9.59 Å². The Labute approximate surface area is 183 Å². The van der Waals surface area contributed by atoms with Gasteiger partial charge in [0.25, 0.3) is 5.91 Å². The van der Waals surface area contributed by atoms with E-state index in [1.54, 1.807) is 37.4 Å². The van der Waals surface area contributed by atoms with E-state index in [-0.39, 0.29) is 31.0 Å². The van der Waals surface area contributed by atoms with Gasteiger partial charge in [0.05, 0.1) is 7.11 Å². The average molecular weight is 433 g/mol. The standard InChI is InChI=1S/C23H29ClN2O4/c1-5-21(23(28)25-16(2)3)26(14-17-8-6-7-9-20(17)24)22(27)15-30-19-12-10-18(29-4)11-13-19/h6-13,16,21H,5,14-15H2,1-4H3,(H,25,28)/t21-/m0/s1. The molecule has 0 heterocycles. The third-order valence-corrected chi connectivity index (χ3v) is 4.91. The maximum Gasteiger partial charge on any atom is 0.261 e. The highest BCUT2D eigenvalue weighted by Crippen LogP contribution is 2.21. The number of ether oxygens (including phenoxy) is 2. The number of rotatable bonds is 10. The summed E-state index contributed by atoms with van der Waals surface area (Å²) in [6.45, 7) is 5.67. The molecular formula is C23H29ClN2O4. The van der Waals surface area contributed by atoms with Crippen LogP contribution in [0.4, 0.5) is 0 Å². The van der Waals surface area contributed by atoms with Crippen LogP contribution in [0.2, 0.25) is 5.02 Å². The summed E-state index contributed by atoms with van der Waals surface area (Å²) in [5.74, 6) is 0.751. The van der Waals surface area contributed by atoms with Crippen LogP contribution >= 0.6 is 11.6 Å². The van der Waals surface area contributed by atoms with Gasteiger partial charge in [-0.2, -0.15) is 0 Å². The lowest BCUT2D eigenvalue weighted by molar-refractivity contribution is -0.143. The molecule has 2 aromatic carbocycles. The van der Waals surface area contributed by atoms with E-state index in [2.05, 4.69) is 5.32 Å². The Kier molecular flexibility index (Phi) is 8.99. The summed E-state index contributed by atoms with van der Waals surface area (Å²) in [7, 11) is 1.58. The zero-order chi connectivity index (χ0) is 22.1. The number of methoxy groups -OCH3 is 1. The fourth-order valence-corrected chi connectivity index (χ4v) is 3.21. The molecule has 0 aromatic heterocycles. The summed E-state index contributed by atoms with van der Waals surface area (Å²) in [5, 5.41) is 3.44. The van der Waals surface area contributed by atoms with E-state index in [0.29, 0.717) is 22.9 Å². The van der Waals surface area contributed by atoms with E-state index < -0.39 is 6.04 Å². The molecule has 0 unspecified atom stereocenters. The van der Waals surface area contributed by atoms with Gasteiger partial charge in [-0.25, -0.2) is 0 Å². The molecule has 6 nitrogen and oxygen atoms in total. The second-order valence-electron chi connectivity index (χ2n) is 7.16. The number of hydrogen-bond acceptors (Lipinski definition) is 4. The summed E-state index contributed by atoms with van der Waals surface area (Å²) >= 11 is 6.30. The minimum Gasteiger partial charge on any atom is -0.497 e. The van der Waals surface area contributed by atoms with Crippen LogP contribution in [-0.4, -0.2) is 42.5 Å². The molecule has 2 aromatic rings. The maximum atomic E-state index is 13.1. The van der Waals surface area contributed by atoms with Gasteiger partial charge in [-0.15, -0.1) is 0 Å². The van der Waals surface area contributed by atoms with Crippen LogP contribution in [0.5, 0.6) is 11.5 Å². The molecule has 7 heteroatoms. The average Bonchev–Trinajstić information content (AvgIpc) is 2.73. The number of nitrogens with one attached hydrogen (secondary N) is 1. The van der Waals surface area contributed by atoms with Crippen LogP contribution in [0.25, 0.3) is 0 Å². The second-order valence-corrected chi connectivity index (χ2v) is 7.57. The van der Waals surface area contributed by atoms with Crippen molar-refractivity contribution in [3.8, 4) is 11.5 Å². The largest absolute Gasteiger partial charge is 0.497 e. The Morgan fingerprint density at radius 3 is 2.27 bits per heavy atom. The molecule has 0 aliphatic heterocycles. The quantitative estimate of drug-likeness (QED) is 0.614. The van der Waals surface area contributed by atoms with Crippen molar-refractivity contribution >= 4 is 23.4 Å². The van der Waals surface area contributed by atoms with Crippen molar-refractivity contribution in [2.45, 2.75) is 45.8 Å². The first-order valence-electron chi connectivity index (χ1n) is 9.95. The first-order valence-corrected chi connectivity index (χ1v) is 10.3. The van der Waals surface area contributed by atoms with E-state index in [1.165, 1.54) is 4.90 Å². The van der Waals surface area contributed by atoms with Crippen molar-refractivity contribution in [3.63, 3.8) is 0 Å². The molecule has 0 saturated heterocycles. The Bertz CT molecular complexity index is 839. The van der Waals surface area contributed by atoms with Gasteiger partial charge in [0, 0.05) is 17.6 Å². The number of hydrogen-bond donors (Lipinski definition) is 1. The normalized spacial score (nSPS) is 11.7. The van der Waals surface area contributed by atoms with Crippen LogP contribution in [0.15, 0.2) is 48.5 Å². The third-order valence-electron chi connectivity index (χ3n) is 4.54. The highest BCUT2D eigenvalue weighted by atomic mass is 35.5. The van der Waals surface area contributed by atoms with Gasteiger partial charge in [-0.3, -0.25) is 9.59 Å². The number of benzene rings is 2. The SMILES string of the molecule is CC[C@@H](C(=O)NC(C)C)N(Cc1ccccc1Cl)C(=O)COc1ccc(OC)cc1. The van der Waals surface area contributed by atoms with E-state index in [0.717, 1.165) is 5.56 Å². The Hall–Kier alpha value is -2.73. The molecular weight excluding hydrogens is 404 g/mol. The van der Waals surface area contributed by atoms with Crippen LogP contribution in [0, 0.1) is 0 Å². The highest BCUT2D eigenvalue weighted by molar-refractivity contribution is 6.31. The molecule has 0 aliphatic rings. The number of carbonyl (C=O) groups is 2. The lowest BCUT2D eigenvalue weighted by atomic mass is 10.1. The molecule has 1 N–H and O–H groups in total. The van der Waals surface area contributed by atoms with E-state index >= 15 is 0 Å². The van der Waals surface area contributed by atoms with Crippen molar-refractivity contribution in [1.82, 2.24) is 10.2 Å². The smallest absolute Gasteiger partial charge is 0.261 e. The van der Waals surface area contributed by atoms with Crippen LogP contribution in [0.1, 0.15) is 32.8 Å². The summed E-state index contributed by atoms with van der Waals surface area (Å²) < 4.78 is 10.8. The van der Waals surface area contributed by atoms with Crippen LogP contribution < -0.4 is 14.8 Å². The molecule has 2 rings (SSSR count). The minimum absolute atomic E-state index is 0.0284. The molecule has 0 aliphatic carbocycles. The second kappa shape index (κ2) is 11.5. The number of carbonyl (C=O) groups excluding carboxylic acids is 2. The molecule has 1 atom stereocenters.